The van der Waals surface area contributed by atoms with Crippen molar-refractivity contribution >= 4 is 16.8 Å². The number of rotatable bonds is 9. The number of aromatic nitrogens is 1. The van der Waals surface area contributed by atoms with Gasteiger partial charge in [0, 0.05) is 36.6 Å². The number of carbonyl (C=O) groups is 1. The van der Waals surface area contributed by atoms with Crippen LogP contribution in [0.2, 0.25) is 0 Å². The van der Waals surface area contributed by atoms with Crippen molar-refractivity contribution in [2.45, 2.75) is 31.8 Å². The number of nitrogens with zero attached hydrogens (tertiary/aromatic N) is 1. The molecule has 4 heteroatoms. The lowest BCUT2D eigenvalue weighted by Crippen LogP contribution is -2.25. The van der Waals surface area contributed by atoms with E-state index in [0.717, 1.165) is 34.0 Å². The molecule has 0 aliphatic heterocycles. The Morgan fingerprint density at radius 1 is 0.750 bits per heavy atom. The average molecular weight is 477 g/mol. The van der Waals surface area contributed by atoms with E-state index in [1.165, 1.54) is 17.7 Å². The molecule has 36 heavy (non-hydrogen) atoms. The van der Waals surface area contributed by atoms with E-state index in [1.807, 2.05) is 72.8 Å². The fourth-order valence-electron chi connectivity index (χ4n) is 4.80. The standard InChI is InChI=1S/C32H29FN2O/c33-28-17-15-26(16-18-28)22-35-23-30(29-13-7-8-14-31(29)35)27(19-24-9-3-1-4-10-24)20-32(36)34-21-25-11-5-2-6-12-25/h1-18,23,27H,19-22H2,(H,34,36)/t27-/m1/s1. The number of hydrogen-bond donors (Lipinski definition) is 1. The average Bonchev–Trinajstić information content (AvgIpc) is 3.28. The summed E-state index contributed by atoms with van der Waals surface area (Å²) >= 11 is 0. The minimum atomic E-state index is -0.235. The van der Waals surface area contributed by atoms with Crippen molar-refractivity contribution < 1.29 is 9.18 Å². The second-order valence-electron chi connectivity index (χ2n) is 9.21. The van der Waals surface area contributed by atoms with Gasteiger partial charge in [-0.05, 0) is 52.8 Å². The minimum absolute atomic E-state index is 0.0162. The molecule has 0 aliphatic rings. The van der Waals surface area contributed by atoms with Crippen molar-refractivity contribution in [1.29, 1.82) is 0 Å². The summed E-state index contributed by atoms with van der Waals surface area (Å²) in [4.78, 5) is 13.1. The number of carbonyl (C=O) groups excluding carboxylic acids is 1. The summed E-state index contributed by atoms with van der Waals surface area (Å²) in [5, 5.41) is 4.25. The normalized spacial score (nSPS) is 11.9. The maximum absolute atomic E-state index is 13.4. The third-order valence-electron chi connectivity index (χ3n) is 6.61. The molecule has 1 atom stereocenters. The molecular formula is C32H29FN2O. The van der Waals surface area contributed by atoms with E-state index < -0.39 is 0 Å². The lowest BCUT2D eigenvalue weighted by atomic mass is 9.88. The molecule has 180 valence electrons. The van der Waals surface area contributed by atoms with Gasteiger partial charge in [-0.3, -0.25) is 4.79 Å². The molecule has 0 aliphatic carbocycles. The summed E-state index contributed by atoms with van der Waals surface area (Å²) in [6.45, 7) is 1.16. The van der Waals surface area contributed by atoms with Crippen LogP contribution in [0.25, 0.3) is 10.9 Å². The summed E-state index contributed by atoms with van der Waals surface area (Å²) in [5.74, 6) is -0.182. The minimum Gasteiger partial charge on any atom is -0.352 e. The van der Waals surface area contributed by atoms with Crippen LogP contribution in [0.1, 0.15) is 34.6 Å². The van der Waals surface area contributed by atoms with Gasteiger partial charge in [0.2, 0.25) is 5.91 Å². The summed E-state index contributed by atoms with van der Waals surface area (Å²) in [7, 11) is 0. The van der Waals surface area contributed by atoms with Gasteiger partial charge in [0.25, 0.3) is 0 Å². The van der Waals surface area contributed by atoms with Gasteiger partial charge in [0.05, 0.1) is 0 Å². The molecule has 0 bridgehead atoms. The van der Waals surface area contributed by atoms with Gasteiger partial charge in [-0.15, -0.1) is 0 Å². The van der Waals surface area contributed by atoms with Crippen LogP contribution < -0.4 is 5.32 Å². The Morgan fingerprint density at radius 3 is 2.11 bits per heavy atom. The molecule has 0 spiro atoms. The molecule has 0 unspecified atom stereocenters. The first-order valence-corrected chi connectivity index (χ1v) is 12.3. The third-order valence-corrected chi connectivity index (χ3v) is 6.61. The monoisotopic (exact) mass is 476 g/mol. The van der Waals surface area contributed by atoms with Crippen LogP contribution in [0.15, 0.2) is 115 Å². The molecule has 0 saturated carbocycles. The topological polar surface area (TPSA) is 34.0 Å². The van der Waals surface area contributed by atoms with Gasteiger partial charge in [-0.25, -0.2) is 4.39 Å². The van der Waals surface area contributed by atoms with Crippen molar-refractivity contribution in [3.8, 4) is 0 Å². The maximum atomic E-state index is 13.4. The highest BCUT2D eigenvalue weighted by molar-refractivity contribution is 5.86. The Kier molecular flexibility index (Phi) is 7.23. The summed E-state index contributed by atoms with van der Waals surface area (Å²) < 4.78 is 15.6. The number of nitrogens with one attached hydrogen (secondary N) is 1. The molecular weight excluding hydrogens is 447 g/mol. The molecule has 1 amide bonds. The molecule has 0 saturated heterocycles. The second-order valence-corrected chi connectivity index (χ2v) is 9.21. The van der Waals surface area contributed by atoms with E-state index in [1.54, 1.807) is 0 Å². The predicted octanol–water partition coefficient (Wildman–Crippen LogP) is 6.86. The molecule has 0 fully saturated rings. The predicted molar refractivity (Wildman–Crippen MR) is 143 cm³/mol. The summed E-state index contributed by atoms with van der Waals surface area (Å²) in [6, 6.07) is 35.3. The highest BCUT2D eigenvalue weighted by Gasteiger charge is 2.21. The van der Waals surface area contributed by atoms with E-state index >= 15 is 0 Å². The van der Waals surface area contributed by atoms with Crippen LogP contribution in [-0.2, 0) is 24.3 Å². The number of amides is 1. The van der Waals surface area contributed by atoms with Crippen molar-refractivity contribution in [2.75, 3.05) is 0 Å². The van der Waals surface area contributed by atoms with E-state index in [2.05, 4.69) is 40.3 Å². The molecule has 0 radical (unpaired) electrons. The first-order valence-electron chi connectivity index (χ1n) is 12.3. The van der Waals surface area contributed by atoms with E-state index in [9.17, 15) is 9.18 Å². The van der Waals surface area contributed by atoms with Crippen LogP contribution in [0, 0.1) is 5.82 Å². The van der Waals surface area contributed by atoms with Crippen LogP contribution in [0.5, 0.6) is 0 Å². The first-order chi connectivity index (χ1) is 17.7. The number of hydrogen-bond acceptors (Lipinski definition) is 1. The fraction of sp³-hybridized carbons (Fsp3) is 0.156. The van der Waals surface area contributed by atoms with Crippen LogP contribution in [0.3, 0.4) is 0 Å². The van der Waals surface area contributed by atoms with Gasteiger partial charge in [0.15, 0.2) is 0 Å². The fourth-order valence-corrected chi connectivity index (χ4v) is 4.80. The number of halogens is 1. The molecule has 5 rings (SSSR count). The van der Waals surface area contributed by atoms with Crippen molar-refractivity contribution in [3.63, 3.8) is 0 Å². The van der Waals surface area contributed by atoms with E-state index in [4.69, 9.17) is 0 Å². The van der Waals surface area contributed by atoms with Crippen LogP contribution >= 0.6 is 0 Å². The Balaban J connectivity index is 1.44. The van der Waals surface area contributed by atoms with Gasteiger partial charge in [0.1, 0.15) is 5.82 Å². The quantitative estimate of drug-likeness (QED) is 0.248. The molecule has 1 N–H and O–H groups in total. The highest BCUT2D eigenvalue weighted by atomic mass is 19.1. The Morgan fingerprint density at radius 2 is 1.39 bits per heavy atom. The number of benzene rings is 4. The Labute approximate surface area is 211 Å². The third kappa shape index (κ3) is 5.72. The van der Waals surface area contributed by atoms with Gasteiger partial charge in [-0.1, -0.05) is 91.0 Å². The number of para-hydroxylation sites is 1. The van der Waals surface area contributed by atoms with Crippen molar-refractivity contribution in [3.05, 3.63) is 143 Å². The maximum Gasteiger partial charge on any atom is 0.220 e. The van der Waals surface area contributed by atoms with Crippen LogP contribution in [-0.4, -0.2) is 10.5 Å². The van der Waals surface area contributed by atoms with E-state index in [-0.39, 0.29) is 17.6 Å². The largest absolute Gasteiger partial charge is 0.352 e. The molecule has 1 heterocycles. The van der Waals surface area contributed by atoms with Gasteiger partial charge >= 0.3 is 0 Å². The van der Waals surface area contributed by atoms with Gasteiger partial charge < -0.3 is 9.88 Å². The van der Waals surface area contributed by atoms with E-state index in [0.29, 0.717) is 19.5 Å². The van der Waals surface area contributed by atoms with Crippen molar-refractivity contribution in [1.82, 2.24) is 9.88 Å². The van der Waals surface area contributed by atoms with Gasteiger partial charge in [-0.2, -0.15) is 0 Å². The lowest BCUT2D eigenvalue weighted by molar-refractivity contribution is -0.121. The molecule has 3 nitrogen and oxygen atoms in total. The zero-order valence-electron chi connectivity index (χ0n) is 20.1. The zero-order chi connectivity index (χ0) is 24.7. The summed E-state index contributed by atoms with van der Waals surface area (Å²) in [6.07, 6.45) is 3.34. The van der Waals surface area contributed by atoms with Crippen LogP contribution in [0.4, 0.5) is 4.39 Å². The highest BCUT2D eigenvalue weighted by Crippen LogP contribution is 2.33. The SMILES string of the molecule is O=C(C[C@@H](Cc1ccccc1)c1cn(Cc2ccc(F)cc2)c2ccccc12)NCc1ccccc1. The number of fused-ring (bicyclic) bond motifs is 1. The lowest BCUT2D eigenvalue weighted by Gasteiger charge is -2.17. The summed E-state index contributed by atoms with van der Waals surface area (Å²) in [5.41, 5.74) is 5.59. The smallest absolute Gasteiger partial charge is 0.220 e. The first kappa shape index (κ1) is 23.6. The Bertz CT molecular complexity index is 1430. The van der Waals surface area contributed by atoms with Crippen molar-refractivity contribution in [2.24, 2.45) is 0 Å². The molecule has 4 aromatic carbocycles. The molecule has 1 aromatic heterocycles. The second kappa shape index (κ2) is 11.0. The Hall–Kier alpha value is -4.18. The zero-order valence-corrected chi connectivity index (χ0v) is 20.1. The molecule has 5 aromatic rings.